The lowest BCUT2D eigenvalue weighted by atomic mass is 9.97. The van der Waals surface area contributed by atoms with Crippen molar-refractivity contribution in [1.82, 2.24) is 9.78 Å². The number of benzene rings is 2. The molecule has 0 aliphatic carbocycles. The molecule has 2 heterocycles. The molecule has 33 heavy (non-hydrogen) atoms. The summed E-state index contributed by atoms with van der Waals surface area (Å²) in [6.45, 7) is 0. The van der Waals surface area contributed by atoms with Crippen LogP contribution in [0.25, 0.3) is 0 Å². The van der Waals surface area contributed by atoms with Gasteiger partial charge in [-0.1, -0.05) is 23.7 Å². The summed E-state index contributed by atoms with van der Waals surface area (Å²) in [6, 6.07) is 10.1. The van der Waals surface area contributed by atoms with Crippen molar-refractivity contribution < 1.29 is 27.4 Å². The molecule has 0 fully saturated rings. The number of nitrogens with zero attached hydrogens (tertiary/aromatic N) is 2. The van der Waals surface area contributed by atoms with Gasteiger partial charge in [0.2, 0.25) is 0 Å². The summed E-state index contributed by atoms with van der Waals surface area (Å²) in [7, 11) is 2.90. The van der Waals surface area contributed by atoms with Crippen LogP contribution in [0, 0.1) is 0 Å². The van der Waals surface area contributed by atoms with E-state index < -0.39 is 24.2 Å². The third kappa shape index (κ3) is 4.70. The molecule has 0 radical (unpaired) electrons. The molecule has 1 aliphatic rings. The van der Waals surface area contributed by atoms with Crippen molar-refractivity contribution in [2.45, 2.75) is 24.7 Å². The summed E-state index contributed by atoms with van der Waals surface area (Å²) < 4.78 is 52.8. The average molecular weight is 481 g/mol. The maximum atomic E-state index is 13.9. The summed E-state index contributed by atoms with van der Waals surface area (Å²) in [5, 5.41) is 10.1. The van der Waals surface area contributed by atoms with Gasteiger partial charge < -0.3 is 20.1 Å². The second-order valence-corrected chi connectivity index (χ2v) is 7.86. The zero-order valence-electron chi connectivity index (χ0n) is 17.6. The topological polar surface area (TPSA) is 77.4 Å². The Labute approximate surface area is 192 Å². The molecule has 174 valence electrons. The van der Waals surface area contributed by atoms with Crippen LogP contribution in [0.2, 0.25) is 5.02 Å². The Morgan fingerprint density at radius 1 is 1.15 bits per heavy atom. The first-order valence-corrected chi connectivity index (χ1v) is 10.3. The second kappa shape index (κ2) is 8.86. The van der Waals surface area contributed by atoms with E-state index in [4.69, 9.17) is 21.1 Å². The van der Waals surface area contributed by atoms with Gasteiger partial charge in [-0.15, -0.1) is 0 Å². The molecule has 3 aromatic rings. The van der Waals surface area contributed by atoms with Gasteiger partial charge in [-0.2, -0.15) is 18.3 Å². The van der Waals surface area contributed by atoms with Crippen LogP contribution in [0.5, 0.6) is 11.5 Å². The lowest BCUT2D eigenvalue weighted by molar-refractivity contribution is -0.173. The highest BCUT2D eigenvalue weighted by Gasteiger charge is 2.46. The fourth-order valence-corrected chi connectivity index (χ4v) is 3.82. The van der Waals surface area contributed by atoms with E-state index in [1.165, 1.54) is 20.3 Å². The molecule has 7 nitrogen and oxygen atoms in total. The molecular weight excluding hydrogens is 461 g/mol. The van der Waals surface area contributed by atoms with Crippen molar-refractivity contribution >= 4 is 29.0 Å². The standard InChI is InChI=1S/C22H20ClF3N4O3/c1-32-14-7-8-18(33-2)16(9-14)28-21(31)17-11-20-27-15(12-3-5-13(23)6-4-12)10-19(22(24,25)26)30(20)29-17/h3-9,11,15,19,27H,10H2,1-2H3,(H,28,31)/t15-,19-/m0/s1. The lowest BCUT2D eigenvalue weighted by Crippen LogP contribution is -2.35. The fraction of sp³-hybridized carbons (Fsp3) is 0.273. The quantitative estimate of drug-likeness (QED) is 0.506. The van der Waals surface area contributed by atoms with E-state index in [2.05, 4.69) is 15.7 Å². The number of rotatable bonds is 5. The summed E-state index contributed by atoms with van der Waals surface area (Å²) in [5.74, 6) is 0.238. The minimum atomic E-state index is -4.56. The smallest absolute Gasteiger partial charge is 0.410 e. The summed E-state index contributed by atoms with van der Waals surface area (Å²) >= 11 is 5.90. The lowest BCUT2D eigenvalue weighted by Gasteiger charge is -2.33. The summed E-state index contributed by atoms with van der Waals surface area (Å²) in [4.78, 5) is 12.8. The number of aromatic nitrogens is 2. The first-order chi connectivity index (χ1) is 15.7. The molecule has 4 rings (SSSR count). The third-order valence-electron chi connectivity index (χ3n) is 5.35. The molecule has 0 spiro atoms. The normalized spacial score (nSPS) is 17.6. The molecular formula is C22H20ClF3N4O3. The highest BCUT2D eigenvalue weighted by Crippen LogP contribution is 2.43. The largest absolute Gasteiger partial charge is 0.497 e. The number of methoxy groups -OCH3 is 2. The number of alkyl halides is 3. The Morgan fingerprint density at radius 3 is 2.52 bits per heavy atom. The minimum absolute atomic E-state index is 0.0892. The molecule has 0 bridgehead atoms. The molecule has 1 amide bonds. The van der Waals surface area contributed by atoms with Crippen molar-refractivity contribution in [1.29, 1.82) is 0 Å². The van der Waals surface area contributed by atoms with Gasteiger partial charge in [-0.3, -0.25) is 4.79 Å². The predicted octanol–water partition coefficient (Wildman–Crippen LogP) is 5.47. The van der Waals surface area contributed by atoms with E-state index in [0.29, 0.717) is 27.8 Å². The van der Waals surface area contributed by atoms with Gasteiger partial charge in [0, 0.05) is 23.6 Å². The molecule has 1 aromatic heterocycles. The maximum Gasteiger partial charge on any atom is 0.410 e. The predicted molar refractivity (Wildman–Crippen MR) is 117 cm³/mol. The van der Waals surface area contributed by atoms with Crippen LogP contribution in [-0.4, -0.2) is 36.1 Å². The number of amides is 1. The number of ether oxygens (including phenoxy) is 2. The summed E-state index contributed by atoms with van der Waals surface area (Å²) in [6.07, 6.45) is -4.85. The Kier molecular flexibility index (Phi) is 6.11. The molecule has 0 unspecified atom stereocenters. The Morgan fingerprint density at radius 2 is 1.88 bits per heavy atom. The number of halogens is 4. The van der Waals surface area contributed by atoms with Crippen LogP contribution in [0.1, 0.15) is 34.6 Å². The molecule has 2 aromatic carbocycles. The number of carbonyl (C=O) groups excluding carboxylic acids is 1. The van der Waals surface area contributed by atoms with Crippen molar-refractivity contribution in [2.24, 2.45) is 0 Å². The van der Waals surface area contributed by atoms with Gasteiger partial charge in [0.15, 0.2) is 11.7 Å². The minimum Gasteiger partial charge on any atom is -0.497 e. The van der Waals surface area contributed by atoms with E-state index in [1.807, 2.05) is 0 Å². The molecule has 11 heteroatoms. The van der Waals surface area contributed by atoms with Crippen LogP contribution in [0.3, 0.4) is 0 Å². The van der Waals surface area contributed by atoms with Gasteiger partial charge in [-0.25, -0.2) is 4.68 Å². The molecule has 1 aliphatic heterocycles. The number of anilines is 2. The molecule has 0 saturated carbocycles. The number of hydrogen-bond acceptors (Lipinski definition) is 5. The van der Waals surface area contributed by atoms with E-state index >= 15 is 0 Å². The van der Waals surface area contributed by atoms with Gasteiger partial charge in [-0.05, 0) is 29.8 Å². The highest BCUT2D eigenvalue weighted by atomic mass is 35.5. The van der Waals surface area contributed by atoms with Crippen LogP contribution in [-0.2, 0) is 0 Å². The maximum absolute atomic E-state index is 13.9. The first-order valence-electron chi connectivity index (χ1n) is 9.91. The van der Waals surface area contributed by atoms with Gasteiger partial charge in [0.25, 0.3) is 5.91 Å². The number of nitrogens with one attached hydrogen (secondary N) is 2. The van der Waals surface area contributed by atoms with Gasteiger partial charge >= 0.3 is 6.18 Å². The van der Waals surface area contributed by atoms with Gasteiger partial charge in [0.1, 0.15) is 17.3 Å². The monoisotopic (exact) mass is 480 g/mol. The van der Waals surface area contributed by atoms with Crippen molar-refractivity contribution in [3.05, 3.63) is 64.8 Å². The van der Waals surface area contributed by atoms with Crippen LogP contribution in [0.4, 0.5) is 24.7 Å². The third-order valence-corrected chi connectivity index (χ3v) is 5.60. The Balaban J connectivity index is 1.65. The van der Waals surface area contributed by atoms with Crippen molar-refractivity contribution in [3.8, 4) is 11.5 Å². The number of hydrogen-bond donors (Lipinski definition) is 2. The van der Waals surface area contributed by atoms with E-state index in [9.17, 15) is 18.0 Å². The zero-order valence-corrected chi connectivity index (χ0v) is 18.4. The second-order valence-electron chi connectivity index (χ2n) is 7.42. The Hall–Kier alpha value is -3.40. The molecule has 2 atom stereocenters. The summed E-state index contributed by atoms with van der Waals surface area (Å²) in [5.41, 5.74) is 0.772. The van der Waals surface area contributed by atoms with Crippen LogP contribution >= 0.6 is 11.6 Å². The number of fused-ring (bicyclic) bond motifs is 1. The van der Waals surface area contributed by atoms with E-state index in [-0.39, 0.29) is 17.9 Å². The van der Waals surface area contributed by atoms with Gasteiger partial charge in [0.05, 0.1) is 25.9 Å². The van der Waals surface area contributed by atoms with Crippen molar-refractivity contribution in [3.63, 3.8) is 0 Å². The fourth-order valence-electron chi connectivity index (χ4n) is 3.70. The number of carbonyl (C=O) groups is 1. The van der Waals surface area contributed by atoms with Crippen LogP contribution in [0.15, 0.2) is 48.5 Å². The molecule has 0 saturated heterocycles. The SMILES string of the molecule is COc1ccc(OC)c(NC(=O)c2cc3n(n2)[C@H](C(F)(F)F)C[C@@H](c2ccc(Cl)cc2)N3)c1. The highest BCUT2D eigenvalue weighted by molar-refractivity contribution is 6.30. The van der Waals surface area contributed by atoms with E-state index in [0.717, 1.165) is 4.68 Å². The first kappa shape index (κ1) is 22.8. The van der Waals surface area contributed by atoms with Crippen molar-refractivity contribution in [2.75, 3.05) is 24.9 Å². The van der Waals surface area contributed by atoms with Crippen LogP contribution < -0.4 is 20.1 Å². The Bertz CT molecular complexity index is 1160. The zero-order chi connectivity index (χ0) is 23.8. The average Bonchev–Trinajstić information content (AvgIpc) is 3.22. The molecule has 2 N–H and O–H groups in total. The van der Waals surface area contributed by atoms with E-state index in [1.54, 1.807) is 42.5 Å².